The number of ether oxygens (including phenoxy) is 1. The van der Waals surface area contributed by atoms with Crippen LogP contribution < -0.4 is 24.6 Å². The van der Waals surface area contributed by atoms with Gasteiger partial charge in [-0.15, -0.1) is 0 Å². The number of anilines is 6. The molecule has 8 rings (SSSR count). The molecule has 2 aliphatic rings. The molecule has 0 amide bonds. The topological polar surface area (TPSA) is 148 Å². The molecule has 286 valence electrons. The monoisotopic (exact) mass is 761 g/mol. The number of rotatable bonds is 11. The number of nitrogens with zero attached hydrogens (tertiary/aromatic N) is 8. The fourth-order valence-electron chi connectivity index (χ4n) is 7.74. The molecule has 0 aliphatic carbocycles. The van der Waals surface area contributed by atoms with Gasteiger partial charge in [-0.3, -0.25) is 19.2 Å². The number of hydrogen-bond acceptors (Lipinski definition) is 12. The van der Waals surface area contributed by atoms with Gasteiger partial charge in [0.2, 0.25) is 16.0 Å². The van der Waals surface area contributed by atoms with Crippen LogP contribution in [0, 0.1) is 0 Å². The minimum Gasteiger partial charge on any atom is -0.494 e. The first kappa shape index (κ1) is 36.5. The first-order valence-electron chi connectivity index (χ1n) is 18.6. The van der Waals surface area contributed by atoms with Crippen LogP contribution in [0.15, 0.2) is 79.3 Å². The van der Waals surface area contributed by atoms with Gasteiger partial charge in [0.05, 0.1) is 35.8 Å². The van der Waals surface area contributed by atoms with E-state index >= 15 is 0 Å². The highest BCUT2D eigenvalue weighted by Crippen LogP contribution is 2.39. The van der Waals surface area contributed by atoms with E-state index in [1.165, 1.54) is 28.2 Å². The van der Waals surface area contributed by atoms with Crippen LogP contribution in [0.1, 0.15) is 24.0 Å². The maximum Gasteiger partial charge on any atom is 0.232 e. The summed E-state index contributed by atoms with van der Waals surface area (Å²) >= 11 is 0. The molecule has 3 N–H and O–H groups in total. The summed E-state index contributed by atoms with van der Waals surface area (Å²) in [7, 11) is 1.75. The average Bonchev–Trinajstić information content (AvgIpc) is 3.67. The fourth-order valence-corrected chi connectivity index (χ4v) is 8.25. The van der Waals surface area contributed by atoms with Crippen molar-refractivity contribution in [2.45, 2.75) is 25.3 Å². The quantitative estimate of drug-likeness (QED) is 0.151. The Hall–Kier alpha value is -5.51. The number of sulfonamides is 1. The van der Waals surface area contributed by atoms with Gasteiger partial charge in [0.1, 0.15) is 22.5 Å². The molecule has 2 saturated heterocycles. The van der Waals surface area contributed by atoms with Crippen molar-refractivity contribution in [1.82, 2.24) is 34.7 Å². The molecular formula is C40H47N11O3S. The highest BCUT2D eigenvalue weighted by atomic mass is 32.2. The molecule has 0 atom stereocenters. The SMILES string of the molecule is COc1cc(N2CCC(N3CCN(C)CC3)CC2)c(Cc2ccccc2)cc1Nc1nc(Nc2ccc3nccnc3c2N(C)S(C)(=O)=O)c2[nH]ccc2n1. The van der Waals surface area contributed by atoms with Crippen LogP contribution in [-0.2, 0) is 16.4 Å². The van der Waals surface area contributed by atoms with Crippen molar-refractivity contribution in [3.05, 3.63) is 90.4 Å². The van der Waals surface area contributed by atoms with Gasteiger partial charge in [-0.25, -0.2) is 13.4 Å². The Morgan fingerprint density at radius 2 is 1.65 bits per heavy atom. The van der Waals surface area contributed by atoms with Gasteiger partial charge in [0.15, 0.2) is 5.82 Å². The number of piperidine rings is 1. The molecule has 0 bridgehead atoms. The molecule has 3 aromatic heterocycles. The van der Waals surface area contributed by atoms with E-state index in [2.05, 4.69) is 83.7 Å². The first-order valence-corrected chi connectivity index (χ1v) is 20.5. The molecule has 0 saturated carbocycles. The molecule has 6 aromatic rings. The Balaban J connectivity index is 1.13. The number of benzene rings is 3. The number of H-pyrrole nitrogens is 1. The number of likely N-dealkylation sites (N-methyl/N-ethyl adjacent to an activating group) is 1. The number of hydrogen-bond donors (Lipinski definition) is 3. The lowest BCUT2D eigenvalue weighted by Crippen LogP contribution is -2.52. The number of fused-ring (bicyclic) bond motifs is 2. The largest absolute Gasteiger partial charge is 0.494 e. The van der Waals surface area contributed by atoms with Crippen LogP contribution >= 0.6 is 0 Å². The standard InChI is InChI=1S/C40H47N11O3S/c1-48-20-22-50(23-21-48)29-13-18-51(19-14-29)34-26-35(54-3)33(25-28(34)24-27-8-6-5-7-9-27)46-40-45-31-12-15-42-37(31)39(47-40)44-32-11-10-30-36(43-17-16-41-30)38(32)49(2)55(4,52)53/h5-12,15-17,25-26,29,42H,13-14,18-24H2,1-4H3,(H2,44,45,46,47). The number of aromatic nitrogens is 5. The Kier molecular flexibility index (Phi) is 10.2. The Morgan fingerprint density at radius 1 is 0.891 bits per heavy atom. The third kappa shape index (κ3) is 7.72. The van der Waals surface area contributed by atoms with E-state index in [0.29, 0.717) is 57.0 Å². The number of piperazine rings is 1. The van der Waals surface area contributed by atoms with E-state index in [9.17, 15) is 8.42 Å². The lowest BCUT2D eigenvalue weighted by atomic mass is 9.97. The summed E-state index contributed by atoms with van der Waals surface area (Å²) < 4.78 is 32.9. The average molecular weight is 762 g/mol. The van der Waals surface area contributed by atoms with E-state index in [-0.39, 0.29) is 0 Å². The van der Waals surface area contributed by atoms with Crippen molar-refractivity contribution in [2.24, 2.45) is 0 Å². The summed E-state index contributed by atoms with van der Waals surface area (Å²) in [6.07, 6.45) is 9.08. The summed E-state index contributed by atoms with van der Waals surface area (Å²) in [5.74, 6) is 1.48. The molecule has 0 radical (unpaired) electrons. The second-order valence-corrected chi connectivity index (χ2v) is 16.4. The molecule has 0 unspecified atom stereocenters. The summed E-state index contributed by atoms with van der Waals surface area (Å²) in [6.45, 7) is 6.50. The molecular weight excluding hydrogens is 715 g/mol. The molecule has 15 heteroatoms. The minimum atomic E-state index is -3.65. The number of aromatic amines is 1. The van der Waals surface area contributed by atoms with Gasteiger partial charge >= 0.3 is 0 Å². The zero-order valence-corrected chi connectivity index (χ0v) is 32.5. The van der Waals surface area contributed by atoms with Crippen molar-refractivity contribution in [3.63, 3.8) is 0 Å². The van der Waals surface area contributed by atoms with E-state index in [0.717, 1.165) is 70.5 Å². The van der Waals surface area contributed by atoms with Crippen LogP contribution in [0.25, 0.3) is 22.1 Å². The second-order valence-electron chi connectivity index (χ2n) is 14.4. The van der Waals surface area contributed by atoms with E-state index in [1.54, 1.807) is 37.8 Å². The van der Waals surface area contributed by atoms with Crippen molar-refractivity contribution < 1.29 is 13.2 Å². The Morgan fingerprint density at radius 3 is 2.40 bits per heavy atom. The highest BCUT2D eigenvalue weighted by Gasteiger charge is 2.29. The lowest BCUT2D eigenvalue weighted by molar-refractivity contribution is 0.0982. The van der Waals surface area contributed by atoms with Crippen LogP contribution in [0.3, 0.4) is 0 Å². The fraction of sp³-hybridized carbons (Fsp3) is 0.350. The van der Waals surface area contributed by atoms with Crippen LogP contribution in [0.4, 0.5) is 34.5 Å². The second kappa shape index (κ2) is 15.3. The molecule has 0 spiro atoms. The summed E-state index contributed by atoms with van der Waals surface area (Å²) in [4.78, 5) is 29.5. The minimum absolute atomic E-state index is 0.345. The predicted octanol–water partition coefficient (Wildman–Crippen LogP) is 5.60. The van der Waals surface area contributed by atoms with Gasteiger partial charge in [0, 0.05) is 82.7 Å². The molecule has 55 heavy (non-hydrogen) atoms. The van der Waals surface area contributed by atoms with Gasteiger partial charge in [-0.1, -0.05) is 30.3 Å². The van der Waals surface area contributed by atoms with Gasteiger partial charge in [0.25, 0.3) is 0 Å². The summed E-state index contributed by atoms with van der Waals surface area (Å²) in [6, 6.07) is 20.9. The highest BCUT2D eigenvalue weighted by molar-refractivity contribution is 7.92. The van der Waals surface area contributed by atoms with Crippen molar-refractivity contribution in [3.8, 4) is 5.75 Å². The van der Waals surface area contributed by atoms with Gasteiger partial charge in [-0.05, 0) is 61.7 Å². The number of methoxy groups -OCH3 is 1. The maximum absolute atomic E-state index is 12.8. The first-order chi connectivity index (χ1) is 26.6. The van der Waals surface area contributed by atoms with Gasteiger partial charge in [-0.2, -0.15) is 4.98 Å². The zero-order valence-electron chi connectivity index (χ0n) is 31.7. The molecule has 5 heterocycles. The third-order valence-electron chi connectivity index (χ3n) is 10.8. The Labute approximate surface area is 321 Å². The van der Waals surface area contributed by atoms with E-state index in [4.69, 9.17) is 14.7 Å². The van der Waals surface area contributed by atoms with E-state index in [1.807, 2.05) is 12.1 Å². The van der Waals surface area contributed by atoms with Crippen molar-refractivity contribution in [1.29, 1.82) is 0 Å². The van der Waals surface area contributed by atoms with Crippen LogP contribution in [0.2, 0.25) is 0 Å². The lowest BCUT2D eigenvalue weighted by Gasteiger charge is -2.43. The number of nitrogens with one attached hydrogen (secondary N) is 3. The summed E-state index contributed by atoms with van der Waals surface area (Å²) in [5.41, 5.74) is 7.49. The predicted molar refractivity (Wildman–Crippen MR) is 220 cm³/mol. The van der Waals surface area contributed by atoms with Crippen LogP contribution in [0.5, 0.6) is 5.75 Å². The van der Waals surface area contributed by atoms with Gasteiger partial charge < -0.3 is 30.2 Å². The van der Waals surface area contributed by atoms with Crippen molar-refractivity contribution >= 4 is 66.6 Å². The van der Waals surface area contributed by atoms with E-state index < -0.39 is 10.0 Å². The van der Waals surface area contributed by atoms with Crippen LogP contribution in [-0.4, -0.2) is 116 Å². The van der Waals surface area contributed by atoms with Crippen molar-refractivity contribution in [2.75, 3.05) is 86.6 Å². The smallest absolute Gasteiger partial charge is 0.232 e. The zero-order chi connectivity index (χ0) is 38.1. The normalized spacial score (nSPS) is 16.1. The third-order valence-corrected chi connectivity index (χ3v) is 12.0. The molecule has 2 aliphatic heterocycles. The summed E-state index contributed by atoms with van der Waals surface area (Å²) in [5, 5.41) is 6.86. The Bertz CT molecular complexity index is 2410. The molecule has 14 nitrogen and oxygen atoms in total. The molecule has 2 fully saturated rings. The molecule has 3 aromatic carbocycles. The maximum atomic E-state index is 12.8.